The molecule has 0 aromatic heterocycles. The van der Waals surface area contributed by atoms with Gasteiger partial charge < -0.3 is 14.2 Å². The number of benzene rings is 1. The second-order valence-electron chi connectivity index (χ2n) is 2.85. The topological polar surface area (TPSA) is 27.7 Å². The van der Waals surface area contributed by atoms with Crippen molar-refractivity contribution < 1.29 is 14.2 Å². The molecule has 0 saturated carbocycles. The summed E-state index contributed by atoms with van der Waals surface area (Å²) >= 11 is 12.1. The first-order valence-electron chi connectivity index (χ1n) is 5.22. The van der Waals surface area contributed by atoms with E-state index in [2.05, 4.69) is 0 Å². The minimum atomic E-state index is 0.403. The average molecular weight is 281 g/mol. The Kier molecular flexibility index (Phi) is 7.16. The highest BCUT2D eigenvalue weighted by Gasteiger charge is 2.22. The lowest BCUT2D eigenvalue weighted by molar-refractivity contribution is 0.324. The van der Waals surface area contributed by atoms with Crippen molar-refractivity contribution in [2.75, 3.05) is 21.3 Å². The molecule has 0 amide bonds. The summed E-state index contributed by atoms with van der Waals surface area (Å²) in [6, 6.07) is 0. The highest BCUT2D eigenvalue weighted by Crippen LogP contribution is 2.49. The average Bonchev–Trinajstić information content (AvgIpc) is 2.38. The Morgan fingerprint density at radius 3 is 1.24 bits per heavy atom. The van der Waals surface area contributed by atoms with Crippen LogP contribution in [0.1, 0.15) is 19.4 Å². The van der Waals surface area contributed by atoms with Crippen LogP contribution in [-0.4, -0.2) is 21.3 Å². The third kappa shape index (κ3) is 3.11. The van der Waals surface area contributed by atoms with Crippen LogP contribution in [0.25, 0.3) is 0 Å². The molecular weight excluding hydrogens is 263 g/mol. The predicted molar refractivity (Wildman–Crippen MR) is 72.2 cm³/mol. The molecular formula is C12H18Cl2O3. The number of halogens is 2. The zero-order valence-corrected chi connectivity index (χ0v) is 12.5. The van der Waals surface area contributed by atoms with Crippen molar-refractivity contribution >= 4 is 23.2 Å². The van der Waals surface area contributed by atoms with E-state index >= 15 is 0 Å². The molecule has 0 fully saturated rings. The van der Waals surface area contributed by atoms with E-state index in [0.29, 0.717) is 32.9 Å². The largest absolute Gasteiger partial charge is 0.491 e. The van der Waals surface area contributed by atoms with Gasteiger partial charge in [-0.05, 0) is 12.5 Å². The third-order valence-corrected chi connectivity index (χ3v) is 2.99. The van der Waals surface area contributed by atoms with Crippen LogP contribution < -0.4 is 14.2 Å². The van der Waals surface area contributed by atoms with Gasteiger partial charge in [-0.25, -0.2) is 0 Å². The fourth-order valence-electron chi connectivity index (χ4n) is 1.29. The second kappa shape index (κ2) is 7.51. The molecule has 0 N–H and O–H groups in total. The lowest BCUT2D eigenvalue weighted by Crippen LogP contribution is -1.98. The van der Waals surface area contributed by atoms with Gasteiger partial charge in [0.25, 0.3) is 0 Å². The quantitative estimate of drug-likeness (QED) is 0.824. The zero-order valence-electron chi connectivity index (χ0n) is 11.0. The van der Waals surface area contributed by atoms with Crippen molar-refractivity contribution in [1.82, 2.24) is 0 Å². The van der Waals surface area contributed by atoms with E-state index < -0.39 is 0 Å². The molecule has 0 aliphatic rings. The molecule has 1 aromatic rings. The van der Waals surface area contributed by atoms with E-state index in [0.717, 1.165) is 0 Å². The van der Waals surface area contributed by atoms with Crippen LogP contribution >= 0.6 is 23.2 Å². The van der Waals surface area contributed by atoms with Crippen molar-refractivity contribution in [3.8, 4) is 17.2 Å². The first-order chi connectivity index (χ1) is 8.08. The maximum Gasteiger partial charge on any atom is 0.206 e. The fourth-order valence-corrected chi connectivity index (χ4v) is 1.85. The molecule has 1 aromatic carbocycles. The minimum Gasteiger partial charge on any atom is -0.491 e. The van der Waals surface area contributed by atoms with E-state index in [1.165, 1.54) is 21.3 Å². The van der Waals surface area contributed by atoms with E-state index in [1.807, 2.05) is 13.8 Å². The van der Waals surface area contributed by atoms with Gasteiger partial charge in [0.1, 0.15) is 0 Å². The van der Waals surface area contributed by atoms with Crippen LogP contribution in [0.5, 0.6) is 17.2 Å². The SMILES string of the molecule is CC.COc1c(Cl)c(C)c(Cl)c(OC)c1OC. The second-order valence-corrected chi connectivity index (χ2v) is 3.61. The molecule has 0 radical (unpaired) electrons. The van der Waals surface area contributed by atoms with Crippen molar-refractivity contribution in [2.45, 2.75) is 20.8 Å². The number of methoxy groups -OCH3 is 3. The molecule has 5 heteroatoms. The molecule has 0 aliphatic heterocycles. The monoisotopic (exact) mass is 280 g/mol. The van der Waals surface area contributed by atoms with Crippen molar-refractivity contribution in [2.24, 2.45) is 0 Å². The van der Waals surface area contributed by atoms with Gasteiger partial charge in [0, 0.05) is 0 Å². The van der Waals surface area contributed by atoms with Crippen molar-refractivity contribution in [3.63, 3.8) is 0 Å². The summed E-state index contributed by atoms with van der Waals surface area (Å²) in [5, 5.41) is 0.861. The summed E-state index contributed by atoms with van der Waals surface area (Å²) in [5.41, 5.74) is 0.702. The van der Waals surface area contributed by atoms with Crippen LogP contribution in [-0.2, 0) is 0 Å². The number of ether oxygens (including phenoxy) is 3. The van der Waals surface area contributed by atoms with Gasteiger partial charge in [0.2, 0.25) is 5.75 Å². The highest BCUT2D eigenvalue weighted by molar-refractivity contribution is 6.38. The lowest BCUT2D eigenvalue weighted by Gasteiger charge is -2.16. The number of rotatable bonds is 3. The van der Waals surface area contributed by atoms with Crippen LogP contribution in [0, 0.1) is 6.92 Å². The Hall–Kier alpha value is -0.800. The Balaban J connectivity index is 0.00000121. The summed E-state index contributed by atoms with van der Waals surface area (Å²) in [6.45, 7) is 5.79. The van der Waals surface area contributed by atoms with Crippen molar-refractivity contribution in [3.05, 3.63) is 15.6 Å². The zero-order chi connectivity index (χ0) is 13.6. The van der Waals surface area contributed by atoms with Gasteiger partial charge in [-0.15, -0.1) is 0 Å². The Morgan fingerprint density at radius 1 is 0.706 bits per heavy atom. The Morgan fingerprint density at radius 2 is 1.00 bits per heavy atom. The molecule has 0 saturated heterocycles. The van der Waals surface area contributed by atoms with Crippen LogP contribution in [0.4, 0.5) is 0 Å². The van der Waals surface area contributed by atoms with E-state index in [1.54, 1.807) is 6.92 Å². The van der Waals surface area contributed by atoms with Crippen LogP contribution in [0.3, 0.4) is 0 Å². The molecule has 0 spiro atoms. The standard InChI is InChI=1S/C10H12Cl2O3.C2H6/c1-5-6(11)8(13-2)10(15-4)9(14-3)7(5)12;1-2/h1-4H3;1-2H3. The maximum absolute atomic E-state index is 6.07. The molecule has 17 heavy (non-hydrogen) atoms. The number of hydrogen-bond donors (Lipinski definition) is 0. The summed E-state index contributed by atoms with van der Waals surface area (Å²) in [7, 11) is 4.52. The van der Waals surface area contributed by atoms with Crippen molar-refractivity contribution in [1.29, 1.82) is 0 Å². The molecule has 0 aliphatic carbocycles. The van der Waals surface area contributed by atoms with Gasteiger partial charge in [-0.1, -0.05) is 37.0 Å². The summed E-state index contributed by atoms with van der Waals surface area (Å²) in [5.74, 6) is 1.26. The molecule has 0 atom stereocenters. The Labute approximate surface area is 113 Å². The lowest BCUT2D eigenvalue weighted by atomic mass is 10.2. The fraction of sp³-hybridized carbons (Fsp3) is 0.500. The van der Waals surface area contributed by atoms with E-state index in [4.69, 9.17) is 37.4 Å². The normalized spacial score (nSPS) is 9.18. The summed E-state index contributed by atoms with van der Waals surface area (Å²) in [6.07, 6.45) is 0. The van der Waals surface area contributed by atoms with E-state index in [-0.39, 0.29) is 0 Å². The van der Waals surface area contributed by atoms with E-state index in [9.17, 15) is 0 Å². The van der Waals surface area contributed by atoms with Crippen LogP contribution in [0.2, 0.25) is 10.0 Å². The number of hydrogen-bond acceptors (Lipinski definition) is 3. The van der Waals surface area contributed by atoms with Crippen LogP contribution in [0.15, 0.2) is 0 Å². The smallest absolute Gasteiger partial charge is 0.206 e. The summed E-state index contributed by atoms with van der Waals surface area (Å²) < 4.78 is 15.5. The third-order valence-electron chi connectivity index (χ3n) is 2.08. The molecule has 0 unspecified atom stereocenters. The van der Waals surface area contributed by atoms with Gasteiger partial charge in [0.05, 0.1) is 31.4 Å². The highest BCUT2D eigenvalue weighted by atomic mass is 35.5. The molecule has 0 heterocycles. The van der Waals surface area contributed by atoms with Gasteiger partial charge in [-0.3, -0.25) is 0 Å². The first kappa shape index (κ1) is 16.2. The molecule has 98 valence electrons. The molecule has 1 rings (SSSR count). The minimum absolute atomic E-state index is 0.403. The maximum atomic E-state index is 6.07. The Bertz CT molecular complexity index is 347. The molecule has 3 nitrogen and oxygen atoms in total. The first-order valence-corrected chi connectivity index (χ1v) is 5.97. The summed E-state index contributed by atoms with van der Waals surface area (Å²) in [4.78, 5) is 0. The van der Waals surface area contributed by atoms with Gasteiger partial charge >= 0.3 is 0 Å². The molecule has 0 bridgehead atoms. The predicted octanol–water partition coefficient (Wildman–Crippen LogP) is 4.35. The van der Waals surface area contributed by atoms with Gasteiger partial charge in [0.15, 0.2) is 11.5 Å². The van der Waals surface area contributed by atoms with Gasteiger partial charge in [-0.2, -0.15) is 0 Å².